The van der Waals surface area contributed by atoms with Crippen LogP contribution in [0.25, 0.3) is 0 Å². The molecule has 2 N–H and O–H groups in total. The maximum Gasteiger partial charge on any atom is 0.251 e. The molecule has 5 nitrogen and oxygen atoms in total. The van der Waals surface area contributed by atoms with Gasteiger partial charge in [-0.3, -0.25) is 14.5 Å². The molecule has 2 aromatic carbocycles. The van der Waals surface area contributed by atoms with Crippen LogP contribution in [0.15, 0.2) is 48.5 Å². The molecule has 1 fully saturated rings. The van der Waals surface area contributed by atoms with Crippen molar-refractivity contribution in [3.8, 4) is 0 Å². The van der Waals surface area contributed by atoms with Crippen LogP contribution in [-0.4, -0.2) is 35.8 Å². The molecule has 1 aliphatic carbocycles. The Morgan fingerprint density at radius 2 is 1.93 bits per heavy atom. The molecule has 1 saturated carbocycles. The third-order valence-corrected chi connectivity index (χ3v) is 4.49. The molecule has 1 aliphatic rings. The van der Waals surface area contributed by atoms with E-state index in [1.165, 1.54) is 6.07 Å². The number of hydrogen-bond acceptors (Lipinski definition) is 3. The minimum Gasteiger partial charge on any atom is -0.352 e. The first-order valence-electron chi connectivity index (χ1n) is 9.22. The number of halogens is 1. The van der Waals surface area contributed by atoms with Gasteiger partial charge < -0.3 is 10.6 Å². The maximum atomic E-state index is 13.9. The lowest BCUT2D eigenvalue weighted by Crippen LogP contribution is -2.34. The number of carbonyl (C=O) groups is 2. The van der Waals surface area contributed by atoms with Gasteiger partial charge in [-0.25, -0.2) is 4.39 Å². The largest absolute Gasteiger partial charge is 0.352 e. The molecule has 0 aliphatic heterocycles. The van der Waals surface area contributed by atoms with Gasteiger partial charge in [0.25, 0.3) is 5.91 Å². The van der Waals surface area contributed by atoms with Gasteiger partial charge in [0.05, 0.1) is 6.54 Å². The molecule has 6 heteroatoms. The summed E-state index contributed by atoms with van der Waals surface area (Å²) in [5.41, 5.74) is 1.67. The van der Waals surface area contributed by atoms with Gasteiger partial charge in [-0.1, -0.05) is 24.3 Å². The Bertz CT molecular complexity index is 821. The van der Waals surface area contributed by atoms with Crippen molar-refractivity contribution >= 4 is 17.5 Å². The highest BCUT2D eigenvalue weighted by atomic mass is 19.1. The third-order valence-electron chi connectivity index (χ3n) is 4.49. The summed E-state index contributed by atoms with van der Waals surface area (Å²) in [6.45, 7) is 2.99. The van der Waals surface area contributed by atoms with Crippen LogP contribution >= 0.6 is 0 Å². The normalized spacial score (nSPS) is 13.4. The Kier molecular flexibility index (Phi) is 6.19. The van der Waals surface area contributed by atoms with E-state index >= 15 is 0 Å². The van der Waals surface area contributed by atoms with Gasteiger partial charge in [0, 0.05) is 35.9 Å². The average molecular weight is 369 g/mol. The van der Waals surface area contributed by atoms with E-state index in [1.807, 2.05) is 11.8 Å². The summed E-state index contributed by atoms with van der Waals surface area (Å²) < 4.78 is 13.9. The SMILES string of the molecule is CCNC(=O)c1cccc(NC(=O)CN(Cc2ccccc2F)C2CC2)c1. The fourth-order valence-electron chi connectivity index (χ4n) is 2.98. The summed E-state index contributed by atoms with van der Waals surface area (Å²) in [4.78, 5) is 26.4. The zero-order chi connectivity index (χ0) is 19.2. The van der Waals surface area contributed by atoms with E-state index in [4.69, 9.17) is 0 Å². The quantitative estimate of drug-likeness (QED) is 0.751. The molecule has 0 spiro atoms. The molecule has 2 amide bonds. The van der Waals surface area contributed by atoms with E-state index in [2.05, 4.69) is 10.6 Å². The van der Waals surface area contributed by atoms with Crippen molar-refractivity contribution in [3.05, 3.63) is 65.5 Å². The van der Waals surface area contributed by atoms with E-state index in [-0.39, 0.29) is 24.2 Å². The van der Waals surface area contributed by atoms with Crippen LogP contribution in [0.3, 0.4) is 0 Å². The Balaban J connectivity index is 1.62. The standard InChI is InChI=1S/C21H24FN3O2/c1-2-23-21(27)15-7-5-8-17(12-15)24-20(26)14-25(18-10-11-18)13-16-6-3-4-9-19(16)22/h3-9,12,18H,2,10-11,13-14H2,1H3,(H,23,27)(H,24,26). The molecular formula is C21H24FN3O2. The predicted molar refractivity (Wildman–Crippen MR) is 103 cm³/mol. The summed E-state index contributed by atoms with van der Waals surface area (Å²) in [5.74, 6) is -0.600. The summed E-state index contributed by atoms with van der Waals surface area (Å²) in [7, 11) is 0. The molecule has 0 atom stereocenters. The Hall–Kier alpha value is -2.73. The molecule has 27 heavy (non-hydrogen) atoms. The van der Waals surface area contributed by atoms with Gasteiger partial charge in [-0.05, 0) is 44.0 Å². The topological polar surface area (TPSA) is 61.4 Å². The van der Waals surface area contributed by atoms with Crippen LogP contribution in [0.2, 0.25) is 0 Å². The average Bonchev–Trinajstić information content (AvgIpc) is 3.48. The zero-order valence-electron chi connectivity index (χ0n) is 15.4. The van der Waals surface area contributed by atoms with Crippen LogP contribution < -0.4 is 10.6 Å². The summed E-state index contributed by atoms with van der Waals surface area (Å²) >= 11 is 0. The summed E-state index contributed by atoms with van der Waals surface area (Å²) in [5, 5.41) is 5.57. The number of benzene rings is 2. The fourth-order valence-corrected chi connectivity index (χ4v) is 2.98. The van der Waals surface area contributed by atoms with Crippen molar-refractivity contribution in [1.29, 1.82) is 0 Å². The number of nitrogens with zero attached hydrogens (tertiary/aromatic N) is 1. The van der Waals surface area contributed by atoms with Crippen molar-refractivity contribution < 1.29 is 14.0 Å². The van der Waals surface area contributed by atoms with Crippen molar-refractivity contribution in [2.45, 2.75) is 32.4 Å². The second-order valence-electron chi connectivity index (χ2n) is 6.72. The van der Waals surface area contributed by atoms with Crippen LogP contribution in [0.4, 0.5) is 10.1 Å². The maximum absolute atomic E-state index is 13.9. The van der Waals surface area contributed by atoms with E-state index in [1.54, 1.807) is 42.5 Å². The molecule has 0 aromatic heterocycles. The highest BCUT2D eigenvalue weighted by Crippen LogP contribution is 2.28. The number of anilines is 1. The molecule has 142 valence electrons. The van der Waals surface area contributed by atoms with Gasteiger partial charge in [-0.15, -0.1) is 0 Å². The molecule has 0 unspecified atom stereocenters. The first kappa shape index (κ1) is 19.0. The van der Waals surface area contributed by atoms with Crippen LogP contribution in [-0.2, 0) is 11.3 Å². The first-order chi connectivity index (χ1) is 13.1. The monoisotopic (exact) mass is 369 g/mol. The van der Waals surface area contributed by atoms with E-state index < -0.39 is 0 Å². The van der Waals surface area contributed by atoms with Gasteiger partial charge in [0.2, 0.25) is 5.91 Å². The van der Waals surface area contributed by atoms with E-state index in [0.29, 0.717) is 35.9 Å². The van der Waals surface area contributed by atoms with Crippen molar-refractivity contribution in [2.75, 3.05) is 18.4 Å². The zero-order valence-corrected chi connectivity index (χ0v) is 15.4. The number of carbonyl (C=O) groups excluding carboxylic acids is 2. The minimum absolute atomic E-state index is 0.173. The number of hydrogen-bond donors (Lipinski definition) is 2. The number of nitrogens with one attached hydrogen (secondary N) is 2. The van der Waals surface area contributed by atoms with Crippen LogP contribution in [0.5, 0.6) is 0 Å². The number of amides is 2. The number of rotatable bonds is 8. The highest BCUT2D eigenvalue weighted by Gasteiger charge is 2.30. The second kappa shape index (κ2) is 8.77. The summed E-state index contributed by atoms with van der Waals surface area (Å²) in [6.07, 6.45) is 2.04. The smallest absolute Gasteiger partial charge is 0.251 e. The molecule has 3 rings (SSSR count). The second-order valence-corrected chi connectivity index (χ2v) is 6.72. The van der Waals surface area contributed by atoms with Crippen molar-refractivity contribution in [2.24, 2.45) is 0 Å². The van der Waals surface area contributed by atoms with Gasteiger partial charge in [-0.2, -0.15) is 0 Å². The fraction of sp³-hybridized carbons (Fsp3) is 0.333. The predicted octanol–water partition coefficient (Wildman–Crippen LogP) is 3.18. The lowest BCUT2D eigenvalue weighted by Gasteiger charge is -2.22. The van der Waals surface area contributed by atoms with Crippen LogP contribution in [0, 0.1) is 5.82 Å². The molecule has 2 aromatic rings. The lowest BCUT2D eigenvalue weighted by atomic mass is 10.2. The summed E-state index contributed by atoms with van der Waals surface area (Å²) in [6, 6.07) is 13.8. The van der Waals surface area contributed by atoms with Crippen LogP contribution in [0.1, 0.15) is 35.7 Å². The Morgan fingerprint density at radius 1 is 1.15 bits per heavy atom. The third kappa shape index (κ3) is 5.37. The van der Waals surface area contributed by atoms with Gasteiger partial charge in [0.15, 0.2) is 0 Å². The lowest BCUT2D eigenvalue weighted by molar-refractivity contribution is -0.117. The van der Waals surface area contributed by atoms with E-state index in [9.17, 15) is 14.0 Å². The van der Waals surface area contributed by atoms with Crippen molar-refractivity contribution in [1.82, 2.24) is 10.2 Å². The minimum atomic E-state index is -0.252. The highest BCUT2D eigenvalue weighted by molar-refractivity contribution is 5.97. The molecule has 0 radical (unpaired) electrons. The Morgan fingerprint density at radius 3 is 2.63 bits per heavy atom. The first-order valence-corrected chi connectivity index (χ1v) is 9.22. The molecule has 0 bridgehead atoms. The van der Waals surface area contributed by atoms with Crippen molar-refractivity contribution in [3.63, 3.8) is 0 Å². The molecular weight excluding hydrogens is 345 g/mol. The van der Waals surface area contributed by atoms with E-state index in [0.717, 1.165) is 12.8 Å². The van der Waals surface area contributed by atoms with Gasteiger partial charge in [0.1, 0.15) is 5.82 Å². The molecule has 0 saturated heterocycles. The molecule has 0 heterocycles. The Labute approximate surface area is 158 Å². The van der Waals surface area contributed by atoms with Gasteiger partial charge >= 0.3 is 0 Å².